The molecule has 0 saturated carbocycles. The van der Waals surface area contributed by atoms with Gasteiger partial charge in [-0.3, -0.25) is 4.55 Å². The molecule has 28 heavy (non-hydrogen) atoms. The Morgan fingerprint density at radius 1 is 0.607 bits per heavy atom. The summed E-state index contributed by atoms with van der Waals surface area (Å²) in [5.41, 5.74) is 0. The molecule has 0 aliphatic carbocycles. The zero-order chi connectivity index (χ0) is 23.6. The Balaban J connectivity index is 6.80. The van der Waals surface area contributed by atoms with Crippen LogP contribution in [0.3, 0.4) is 0 Å². The van der Waals surface area contributed by atoms with E-state index in [2.05, 4.69) is 0 Å². The van der Waals surface area contributed by atoms with E-state index in [9.17, 15) is 74.3 Å². The third kappa shape index (κ3) is 3.07. The van der Waals surface area contributed by atoms with Crippen LogP contribution >= 0.6 is 0 Å². The quantitative estimate of drug-likeness (QED) is 0.409. The predicted octanol–water partition coefficient (Wildman–Crippen LogP) is 4.64. The minimum absolute atomic E-state index is 0.651. The van der Waals surface area contributed by atoms with Crippen LogP contribution in [-0.2, 0) is 10.1 Å². The third-order valence-electron chi connectivity index (χ3n) is 3.19. The van der Waals surface area contributed by atoms with Crippen LogP contribution in [0.25, 0.3) is 0 Å². The maximum Gasteiger partial charge on any atom is 0.438 e. The van der Waals surface area contributed by atoms with Gasteiger partial charge in [0.05, 0.1) is 0 Å². The first-order chi connectivity index (χ1) is 11.7. The lowest BCUT2D eigenvalue weighted by Gasteiger charge is -2.42. The molecule has 0 saturated heterocycles. The van der Waals surface area contributed by atoms with Gasteiger partial charge in [0, 0.05) is 0 Å². The minimum Gasteiger partial charge on any atom is -0.281 e. The lowest BCUT2D eigenvalue weighted by atomic mass is 9.90. The number of halogens is 15. The van der Waals surface area contributed by atoms with Crippen LogP contribution in [-0.4, -0.2) is 59.9 Å². The Morgan fingerprint density at radius 3 is 1.11 bits per heavy atom. The zero-order valence-electron chi connectivity index (χ0n) is 12.4. The van der Waals surface area contributed by atoms with Crippen LogP contribution in [0, 0.1) is 0 Å². The lowest BCUT2D eigenvalue weighted by molar-refractivity contribution is -0.438. The first kappa shape index (κ1) is 26.9. The topological polar surface area (TPSA) is 54.4 Å². The second-order valence-corrected chi connectivity index (χ2v) is 6.57. The molecule has 1 atom stereocenters. The maximum absolute atomic E-state index is 13.2. The van der Waals surface area contributed by atoms with E-state index in [1.165, 1.54) is 0 Å². The first-order valence-corrected chi connectivity index (χ1v) is 7.39. The molecule has 0 amide bonds. The maximum atomic E-state index is 13.2. The fraction of sp³-hybridized carbons (Fsp3) is 1.00. The van der Waals surface area contributed by atoms with Crippen LogP contribution in [0.2, 0.25) is 0 Å². The molecule has 19 heteroatoms. The minimum atomic E-state index is -8.54. The van der Waals surface area contributed by atoms with Crippen molar-refractivity contribution in [2.75, 3.05) is 0 Å². The van der Waals surface area contributed by atoms with Gasteiger partial charge in [0.1, 0.15) is 0 Å². The van der Waals surface area contributed by atoms with Crippen molar-refractivity contribution in [1.82, 2.24) is 0 Å². The number of hydrogen-bond acceptors (Lipinski definition) is 2. The third-order valence-corrected chi connectivity index (χ3v) is 4.09. The van der Waals surface area contributed by atoms with Crippen molar-refractivity contribution in [3.8, 4) is 0 Å². The van der Waals surface area contributed by atoms with Gasteiger partial charge < -0.3 is 0 Å². The number of rotatable bonds is 8. The monoisotopic (exact) mass is 478 g/mol. The highest BCUT2D eigenvalue weighted by atomic mass is 32.2. The average Bonchev–Trinajstić information content (AvgIpc) is 2.44. The van der Waals surface area contributed by atoms with Gasteiger partial charge >= 0.3 is 50.9 Å². The fourth-order valence-corrected chi connectivity index (χ4v) is 1.85. The normalized spacial score (nSPS) is 17.6. The molecule has 0 aromatic carbocycles. The molecule has 0 aromatic rings. The molecule has 0 rings (SSSR count). The summed E-state index contributed by atoms with van der Waals surface area (Å²) in [5, 5.41) is -7.69. The van der Waals surface area contributed by atoms with Crippen LogP contribution in [0.4, 0.5) is 65.9 Å². The number of hydrogen-bond donors (Lipinski definition) is 1. The molecule has 0 radical (unpaired) electrons. The summed E-state index contributed by atoms with van der Waals surface area (Å²) in [6.45, 7) is -0.651. The molecule has 0 bridgehead atoms. The van der Waals surface area contributed by atoms with E-state index in [4.69, 9.17) is 4.55 Å². The average molecular weight is 478 g/mol. The molecule has 3 nitrogen and oxygen atoms in total. The van der Waals surface area contributed by atoms with Crippen molar-refractivity contribution in [1.29, 1.82) is 0 Å². The Hall–Kier alpha value is -1.14. The Kier molecular flexibility index (Phi) is 6.17. The molecule has 0 spiro atoms. The Morgan fingerprint density at radius 2 is 0.857 bits per heavy atom. The summed E-state index contributed by atoms with van der Waals surface area (Å²) < 4.78 is 222. The zero-order valence-corrected chi connectivity index (χ0v) is 13.2. The van der Waals surface area contributed by atoms with Crippen molar-refractivity contribution in [3.05, 3.63) is 0 Å². The summed E-state index contributed by atoms with van der Waals surface area (Å²) in [4.78, 5) is 0. The smallest absolute Gasteiger partial charge is 0.281 e. The van der Waals surface area contributed by atoms with Gasteiger partial charge in [-0.05, 0) is 6.92 Å². The van der Waals surface area contributed by atoms with Crippen molar-refractivity contribution < 1.29 is 78.8 Å². The summed E-state index contributed by atoms with van der Waals surface area (Å²) in [7, 11) is -7.76. The predicted molar refractivity (Wildman–Crippen MR) is 56.7 cm³/mol. The van der Waals surface area contributed by atoms with Gasteiger partial charge in [-0.1, -0.05) is 0 Å². The van der Waals surface area contributed by atoms with Crippen molar-refractivity contribution in [2.24, 2.45) is 0 Å². The van der Waals surface area contributed by atoms with E-state index >= 15 is 0 Å². The summed E-state index contributed by atoms with van der Waals surface area (Å²) in [6.07, 6.45) is -4.47. The van der Waals surface area contributed by atoms with Gasteiger partial charge in [-0.15, -0.1) is 0 Å². The second kappa shape index (κ2) is 6.43. The molecule has 1 N–H and O–H groups in total. The fourth-order valence-electron chi connectivity index (χ4n) is 1.40. The van der Waals surface area contributed by atoms with Crippen molar-refractivity contribution >= 4 is 10.1 Å². The molecule has 0 aliphatic rings. The van der Waals surface area contributed by atoms with E-state index in [-0.39, 0.29) is 0 Å². The molecule has 170 valence electrons. The van der Waals surface area contributed by atoms with E-state index in [1.807, 2.05) is 0 Å². The van der Waals surface area contributed by atoms with E-state index < -0.39 is 64.0 Å². The van der Waals surface area contributed by atoms with Crippen LogP contribution < -0.4 is 0 Å². The van der Waals surface area contributed by atoms with Gasteiger partial charge in [-0.25, -0.2) is 4.39 Å². The molecule has 0 aromatic heterocycles. The molecule has 0 aliphatic heterocycles. The SMILES string of the molecule is CC(F)C(F)(F)C(F)(F)C(F)(F)C(F)(F)C(F)(F)C(F)(F)C(F)(F)S(=O)(=O)O. The highest BCUT2D eigenvalue weighted by Crippen LogP contribution is 2.63. The molecule has 0 fully saturated rings. The van der Waals surface area contributed by atoms with E-state index in [1.54, 1.807) is 0 Å². The summed E-state index contributed by atoms with van der Waals surface area (Å²) >= 11 is 0. The lowest BCUT2D eigenvalue weighted by Crippen LogP contribution is -2.74. The molecular weight excluding hydrogens is 473 g/mol. The highest BCUT2D eigenvalue weighted by Gasteiger charge is 2.94. The van der Waals surface area contributed by atoms with Gasteiger partial charge in [0.2, 0.25) is 0 Å². The Labute approximate surface area is 144 Å². The van der Waals surface area contributed by atoms with Gasteiger partial charge in [0.15, 0.2) is 6.17 Å². The first-order valence-electron chi connectivity index (χ1n) is 5.95. The standard InChI is InChI=1S/C9H5F15O3S/c1-2(10)3(11,12)4(13,14)5(15,16)6(17,18)7(19,20)8(21,22)9(23,24)28(25,26)27/h2H,1H3,(H,25,26,27). The Bertz CT molecular complexity index is 696. The summed E-state index contributed by atoms with van der Waals surface area (Å²) in [6, 6.07) is 0. The van der Waals surface area contributed by atoms with E-state index in [0.717, 1.165) is 0 Å². The molecule has 1 unspecified atom stereocenters. The van der Waals surface area contributed by atoms with Crippen LogP contribution in [0.1, 0.15) is 6.92 Å². The van der Waals surface area contributed by atoms with Crippen molar-refractivity contribution in [2.45, 2.75) is 53.9 Å². The second-order valence-electron chi connectivity index (χ2n) is 5.10. The van der Waals surface area contributed by atoms with E-state index in [0.29, 0.717) is 0 Å². The van der Waals surface area contributed by atoms with Crippen LogP contribution in [0.5, 0.6) is 0 Å². The van der Waals surface area contributed by atoms with Crippen LogP contribution in [0.15, 0.2) is 0 Å². The van der Waals surface area contributed by atoms with Crippen molar-refractivity contribution in [3.63, 3.8) is 0 Å². The largest absolute Gasteiger partial charge is 0.438 e. The number of alkyl halides is 15. The highest BCUT2D eigenvalue weighted by molar-refractivity contribution is 7.87. The van der Waals surface area contributed by atoms with Gasteiger partial charge in [-0.2, -0.15) is 69.9 Å². The summed E-state index contributed by atoms with van der Waals surface area (Å²) in [5.74, 6) is -48.5. The molecule has 0 heterocycles. The van der Waals surface area contributed by atoms with Gasteiger partial charge in [0.25, 0.3) is 0 Å². The molecular formula is C9H5F15O3S.